The van der Waals surface area contributed by atoms with Crippen LogP contribution in [0.2, 0.25) is 0 Å². The lowest BCUT2D eigenvalue weighted by Gasteiger charge is -2.06. The van der Waals surface area contributed by atoms with Crippen LogP contribution in [-0.2, 0) is 9.53 Å². The lowest BCUT2D eigenvalue weighted by Crippen LogP contribution is -2.23. The van der Waals surface area contributed by atoms with E-state index in [1.807, 2.05) is 25.1 Å². The molecule has 0 aliphatic rings. The average Bonchev–Trinajstić information content (AvgIpc) is 3.12. The molecule has 2 heterocycles. The minimum absolute atomic E-state index is 0.227. The van der Waals surface area contributed by atoms with E-state index in [1.165, 1.54) is 24.5 Å². The zero-order valence-corrected chi connectivity index (χ0v) is 16.9. The van der Waals surface area contributed by atoms with E-state index < -0.39 is 24.1 Å². The van der Waals surface area contributed by atoms with E-state index in [0.717, 1.165) is 15.8 Å². The molecular weight excluding hydrogens is 408 g/mol. The molecule has 0 atom stereocenters. The summed E-state index contributed by atoms with van der Waals surface area (Å²) in [4.78, 5) is 40.9. The van der Waals surface area contributed by atoms with Gasteiger partial charge < -0.3 is 13.9 Å². The maximum Gasteiger partial charge on any atom is 0.351 e. The number of anilines is 1. The second-order valence-corrected chi connectivity index (χ2v) is 7.47. The van der Waals surface area contributed by atoms with Gasteiger partial charge >= 0.3 is 11.6 Å². The Labute approximate surface area is 174 Å². The zero-order valence-electron chi connectivity index (χ0n) is 16.1. The summed E-state index contributed by atoms with van der Waals surface area (Å²) in [5.74, 6) is -1.15. The number of benzene rings is 2. The van der Waals surface area contributed by atoms with Crippen LogP contribution in [0.25, 0.3) is 21.2 Å². The molecule has 0 fully saturated rings. The Morgan fingerprint density at radius 2 is 2.03 bits per heavy atom. The average molecular weight is 424 g/mol. The number of rotatable bonds is 5. The van der Waals surface area contributed by atoms with Crippen LogP contribution in [0.15, 0.2) is 51.7 Å². The second kappa shape index (κ2) is 7.96. The van der Waals surface area contributed by atoms with Gasteiger partial charge in [0.25, 0.3) is 5.91 Å². The highest BCUT2D eigenvalue weighted by Crippen LogP contribution is 2.27. The molecule has 4 rings (SSSR count). The van der Waals surface area contributed by atoms with E-state index in [2.05, 4.69) is 10.3 Å². The first kappa shape index (κ1) is 19.6. The van der Waals surface area contributed by atoms with Gasteiger partial charge in [0.2, 0.25) is 0 Å². The molecule has 1 N–H and O–H groups in total. The van der Waals surface area contributed by atoms with Gasteiger partial charge in [-0.15, -0.1) is 0 Å². The van der Waals surface area contributed by atoms with Crippen molar-refractivity contribution in [1.29, 1.82) is 0 Å². The molecule has 9 heteroatoms. The number of aromatic nitrogens is 1. The third kappa shape index (κ3) is 3.87. The van der Waals surface area contributed by atoms with Crippen molar-refractivity contribution in [2.24, 2.45) is 0 Å². The van der Waals surface area contributed by atoms with Crippen molar-refractivity contribution in [1.82, 2.24) is 4.98 Å². The number of carbonyl (C=O) groups excluding carboxylic acids is 2. The molecule has 0 aliphatic carbocycles. The van der Waals surface area contributed by atoms with Crippen LogP contribution in [0, 0.1) is 6.92 Å². The smallest absolute Gasteiger partial charge is 0.351 e. The summed E-state index contributed by atoms with van der Waals surface area (Å²) in [6.45, 7) is 1.40. The monoisotopic (exact) mass is 424 g/mol. The molecule has 0 spiro atoms. The van der Waals surface area contributed by atoms with E-state index in [-0.39, 0.29) is 11.1 Å². The molecule has 2 aromatic carbocycles. The topological polar surface area (TPSA) is 108 Å². The van der Waals surface area contributed by atoms with E-state index in [4.69, 9.17) is 13.9 Å². The first-order valence-electron chi connectivity index (χ1n) is 8.89. The number of carbonyl (C=O) groups is 2. The molecule has 1 amide bonds. The maximum absolute atomic E-state index is 12.3. The van der Waals surface area contributed by atoms with Crippen LogP contribution in [0.5, 0.6) is 5.75 Å². The second-order valence-electron chi connectivity index (χ2n) is 6.44. The number of methoxy groups -OCH3 is 1. The summed E-state index contributed by atoms with van der Waals surface area (Å²) >= 11 is 1.32. The van der Waals surface area contributed by atoms with Crippen molar-refractivity contribution in [2.75, 3.05) is 19.0 Å². The van der Waals surface area contributed by atoms with E-state index in [9.17, 15) is 14.4 Å². The van der Waals surface area contributed by atoms with Gasteiger partial charge in [-0.2, -0.15) is 0 Å². The van der Waals surface area contributed by atoms with Gasteiger partial charge in [-0.25, -0.2) is 14.6 Å². The van der Waals surface area contributed by atoms with Crippen molar-refractivity contribution in [3.05, 3.63) is 64.0 Å². The van der Waals surface area contributed by atoms with Crippen LogP contribution < -0.4 is 15.7 Å². The molecule has 0 radical (unpaired) electrons. The molecule has 30 heavy (non-hydrogen) atoms. The third-order valence-corrected chi connectivity index (χ3v) is 5.22. The number of aryl methyl sites for hydroxylation is 1. The van der Waals surface area contributed by atoms with Gasteiger partial charge in [0.15, 0.2) is 23.1 Å². The number of nitrogens with one attached hydrogen (secondary N) is 1. The van der Waals surface area contributed by atoms with Gasteiger partial charge in [-0.1, -0.05) is 29.5 Å². The Balaban J connectivity index is 1.45. The Hall–Kier alpha value is -3.72. The number of nitrogens with zero attached hydrogens (tertiary/aromatic N) is 1. The summed E-state index contributed by atoms with van der Waals surface area (Å²) in [7, 11) is 1.45. The van der Waals surface area contributed by atoms with Crippen LogP contribution in [-0.4, -0.2) is 30.6 Å². The van der Waals surface area contributed by atoms with Gasteiger partial charge in [0, 0.05) is 5.39 Å². The highest BCUT2D eigenvalue weighted by Gasteiger charge is 2.18. The van der Waals surface area contributed by atoms with Gasteiger partial charge in [-0.05, 0) is 36.8 Å². The van der Waals surface area contributed by atoms with Crippen molar-refractivity contribution in [3.63, 3.8) is 0 Å². The quantitative estimate of drug-likeness (QED) is 0.386. The van der Waals surface area contributed by atoms with Crippen LogP contribution in [0.4, 0.5) is 5.13 Å². The van der Waals surface area contributed by atoms with Gasteiger partial charge in [-0.3, -0.25) is 10.1 Å². The van der Waals surface area contributed by atoms with Crippen molar-refractivity contribution in [2.45, 2.75) is 6.92 Å². The van der Waals surface area contributed by atoms with E-state index in [0.29, 0.717) is 16.3 Å². The maximum atomic E-state index is 12.3. The fourth-order valence-corrected chi connectivity index (χ4v) is 3.85. The predicted octanol–water partition coefficient (Wildman–Crippen LogP) is 3.52. The number of hydrogen-bond acceptors (Lipinski definition) is 8. The normalized spacial score (nSPS) is 10.9. The fraction of sp³-hybridized carbons (Fsp3) is 0.143. The molecule has 0 saturated heterocycles. The number of ether oxygens (including phenoxy) is 2. The highest BCUT2D eigenvalue weighted by atomic mass is 32.1. The fourth-order valence-electron chi connectivity index (χ4n) is 2.87. The van der Waals surface area contributed by atoms with Crippen molar-refractivity contribution < 1.29 is 23.5 Å². The Bertz CT molecular complexity index is 1340. The van der Waals surface area contributed by atoms with Gasteiger partial charge in [0.05, 0.1) is 17.3 Å². The lowest BCUT2D eigenvalue weighted by molar-refractivity contribution is -0.119. The Morgan fingerprint density at radius 1 is 1.20 bits per heavy atom. The minimum atomic E-state index is -0.955. The standard InChI is InChI=1S/C21H16N2O6S/c1-11-6-7-14-16(8-11)30-21(22-14)23-17(24)10-28-19(25)13-9-12-4-3-5-15(27-2)18(12)29-20(13)26/h3-9H,10H2,1-2H3,(H,22,23,24). The highest BCUT2D eigenvalue weighted by molar-refractivity contribution is 7.22. The SMILES string of the molecule is COc1cccc2cc(C(=O)OCC(=O)Nc3nc4ccc(C)cc4s3)c(=O)oc12. The van der Waals surface area contributed by atoms with Crippen LogP contribution in [0.1, 0.15) is 15.9 Å². The number of thiazole rings is 1. The largest absolute Gasteiger partial charge is 0.493 e. The van der Waals surface area contributed by atoms with Crippen LogP contribution >= 0.6 is 11.3 Å². The predicted molar refractivity (Wildman–Crippen MR) is 112 cm³/mol. The molecule has 0 bridgehead atoms. The first-order valence-corrected chi connectivity index (χ1v) is 9.71. The Kier molecular flexibility index (Phi) is 5.20. The minimum Gasteiger partial charge on any atom is -0.493 e. The number of hydrogen-bond donors (Lipinski definition) is 1. The number of esters is 1. The van der Waals surface area contributed by atoms with Crippen molar-refractivity contribution in [3.8, 4) is 5.75 Å². The molecule has 0 unspecified atom stereocenters. The number of para-hydroxylation sites is 1. The molecule has 2 aromatic heterocycles. The zero-order chi connectivity index (χ0) is 21.3. The third-order valence-electron chi connectivity index (χ3n) is 4.29. The molecule has 0 aliphatic heterocycles. The number of amides is 1. The van der Waals surface area contributed by atoms with E-state index in [1.54, 1.807) is 18.2 Å². The molecule has 0 saturated carbocycles. The molecular formula is C21H16N2O6S. The Morgan fingerprint density at radius 3 is 2.83 bits per heavy atom. The molecule has 152 valence electrons. The first-order chi connectivity index (χ1) is 14.4. The summed E-state index contributed by atoms with van der Waals surface area (Å²) in [6, 6.07) is 12.1. The summed E-state index contributed by atoms with van der Waals surface area (Å²) in [5.41, 5.74) is 0.898. The number of fused-ring (bicyclic) bond motifs is 2. The lowest BCUT2D eigenvalue weighted by atomic mass is 10.2. The summed E-state index contributed by atoms with van der Waals surface area (Å²) in [6.07, 6.45) is 0. The van der Waals surface area contributed by atoms with E-state index >= 15 is 0 Å². The van der Waals surface area contributed by atoms with Crippen molar-refractivity contribution >= 4 is 49.5 Å². The van der Waals surface area contributed by atoms with Crippen LogP contribution in [0.3, 0.4) is 0 Å². The summed E-state index contributed by atoms with van der Waals surface area (Å²) in [5, 5.41) is 3.48. The molecule has 4 aromatic rings. The van der Waals surface area contributed by atoms with Gasteiger partial charge in [0.1, 0.15) is 5.56 Å². The molecule has 8 nitrogen and oxygen atoms in total. The summed E-state index contributed by atoms with van der Waals surface area (Å²) < 4.78 is 16.2.